The van der Waals surface area contributed by atoms with Gasteiger partial charge in [-0.1, -0.05) is 29.8 Å². The molecule has 1 aliphatic rings. The first-order valence-corrected chi connectivity index (χ1v) is 8.83. The lowest BCUT2D eigenvalue weighted by molar-refractivity contribution is 0.590. The molecular formula is C16H18BrFN2S. The van der Waals surface area contributed by atoms with Crippen molar-refractivity contribution in [1.29, 1.82) is 0 Å². The third kappa shape index (κ3) is 3.71. The van der Waals surface area contributed by atoms with Crippen molar-refractivity contribution in [2.45, 2.75) is 45.2 Å². The lowest BCUT2D eigenvalue weighted by Gasteiger charge is -2.07. The Bertz CT molecular complexity index is 629. The lowest BCUT2D eigenvalue weighted by Crippen LogP contribution is -2.21. The SMILES string of the molecule is CC(C)NCc1sc(-c2cc(F)cc(Br)c2)nc1C1CC1. The zero-order valence-electron chi connectivity index (χ0n) is 12.1. The molecule has 1 aliphatic carbocycles. The monoisotopic (exact) mass is 368 g/mol. The van der Waals surface area contributed by atoms with Crippen LogP contribution in [-0.2, 0) is 6.54 Å². The Balaban J connectivity index is 1.93. The van der Waals surface area contributed by atoms with Gasteiger partial charge in [0.15, 0.2) is 0 Å². The maximum Gasteiger partial charge on any atom is 0.125 e. The molecule has 112 valence electrons. The molecule has 3 rings (SSSR count). The Hall–Kier alpha value is -0.780. The molecule has 1 fully saturated rings. The Kier molecular flexibility index (Phi) is 4.43. The minimum Gasteiger partial charge on any atom is -0.310 e. The summed E-state index contributed by atoms with van der Waals surface area (Å²) in [6.07, 6.45) is 2.45. The summed E-state index contributed by atoms with van der Waals surface area (Å²) in [4.78, 5) is 6.09. The number of nitrogens with zero attached hydrogens (tertiary/aromatic N) is 1. The molecule has 5 heteroatoms. The van der Waals surface area contributed by atoms with E-state index in [2.05, 4.69) is 35.1 Å². The second-order valence-electron chi connectivity index (χ2n) is 5.80. The fraction of sp³-hybridized carbons (Fsp3) is 0.438. The van der Waals surface area contributed by atoms with Crippen molar-refractivity contribution in [2.24, 2.45) is 0 Å². The second kappa shape index (κ2) is 6.15. The van der Waals surface area contributed by atoms with E-state index in [-0.39, 0.29) is 5.82 Å². The molecule has 1 heterocycles. The van der Waals surface area contributed by atoms with Crippen molar-refractivity contribution in [2.75, 3.05) is 0 Å². The molecule has 0 atom stereocenters. The van der Waals surface area contributed by atoms with Gasteiger partial charge in [0, 0.05) is 33.4 Å². The van der Waals surface area contributed by atoms with E-state index in [9.17, 15) is 4.39 Å². The first-order chi connectivity index (χ1) is 10.0. The van der Waals surface area contributed by atoms with E-state index in [1.165, 1.54) is 29.5 Å². The molecule has 1 aromatic carbocycles. The summed E-state index contributed by atoms with van der Waals surface area (Å²) in [5, 5.41) is 4.37. The maximum absolute atomic E-state index is 13.6. The van der Waals surface area contributed by atoms with Crippen LogP contribution in [0.5, 0.6) is 0 Å². The number of hydrogen-bond acceptors (Lipinski definition) is 3. The molecule has 0 unspecified atom stereocenters. The van der Waals surface area contributed by atoms with Crippen molar-refractivity contribution in [1.82, 2.24) is 10.3 Å². The summed E-state index contributed by atoms with van der Waals surface area (Å²) in [5.41, 5.74) is 2.06. The van der Waals surface area contributed by atoms with Crippen molar-refractivity contribution in [3.05, 3.63) is 39.1 Å². The standard InChI is InChI=1S/C16H18BrFN2S/c1-9(2)19-8-14-15(10-3-4-10)20-16(21-14)11-5-12(17)7-13(18)6-11/h5-7,9-10,19H,3-4,8H2,1-2H3. The third-order valence-corrected chi connectivity index (χ3v) is 5.05. The highest BCUT2D eigenvalue weighted by atomic mass is 79.9. The molecular weight excluding hydrogens is 351 g/mol. The minimum absolute atomic E-state index is 0.232. The van der Waals surface area contributed by atoms with Gasteiger partial charge >= 0.3 is 0 Å². The highest BCUT2D eigenvalue weighted by Gasteiger charge is 2.29. The van der Waals surface area contributed by atoms with Crippen molar-refractivity contribution in [3.8, 4) is 10.6 Å². The van der Waals surface area contributed by atoms with Crippen LogP contribution in [0.15, 0.2) is 22.7 Å². The van der Waals surface area contributed by atoms with E-state index in [0.717, 1.165) is 21.6 Å². The van der Waals surface area contributed by atoms with E-state index in [1.807, 2.05) is 6.07 Å². The topological polar surface area (TPSA) is 24.9 Å². The van der Waals surface area contributed by atoms with Crippen LogP contribution in [0.3, 0.4) is 0 Å². The van der Waals surface area contributed by atoms with Crippen LogP contribution in [0.4, 0.5) is 4.39 Å². The second-order valence-corrected chi connectivity index (χ2v) is 7.79. The fourth-order valence-electron chi connectivity index (χ4n) is 2.26. The molecule has 1 saturated carbocycles. The summed E-state index contributed by atoms with van der Waals surface area (Å²) < 4.78 is 14.3. The molecule has 0 saturated heterocycles. The van der Waals surface area contributed by atoms with E-state index in [4.69, 9.17) is 4.98 Å². The predicted octanol–water partition coefficient (Wildman–Crippen LogP) is 5.09. The Morgan fingerprint density at radius 2 is 2.14 bits per heavy atom. The predicted molar refractivity (Wildman–Crippen MR) is 89.2 cm³/mol. The first kappa shape index (κ1) is 15.1. The van der Waals surface area contributed by atoms with Gasteiger partial charge in [-0.05, 0) is 31.0 Å². The molecule has 0 spiro atoms. The van der Waals surface area contributed by atoms with Gasteiger partial charge in [0.25, 0.3) is 0 Å². The van der Waals surface area contributed by atoms with Crippen LogP contribution in [0, 0.1) is 5.82 Å². The molecule has 2 aromatic rings. The van der Waals surface area contributed by atoms with Crippen molar-refractivity contribution in [3.63, 3.8) is 0 Å². The van der Waals surface area contributed by atoms with Crippen LogP contribution in [-0.4, -0.2) is 11.0 Å². The molecule has 0 amide bonds. The molecule has 21 heavy (non-hydrogen) atoms. The van der Waals surface area contributed by atoms with Crippen LogP contribution < -0.4 is 5.32 Å². The van der Waals surface area contributed by atoms with E-state index in [1.54, 1.807) is 17.4 Å². The number of aromatic nitrogens is 1. The Labute approximate surface area is 136 Å². The quantitative estimate of drug-likeness (QED) is 0.794. The third-order valence-electron chi connectivity index (χ3n) is 3.47. The highest BCUT2D eigenvalue weighted by Crippen LogP contribution is 2.44. The number of nitrogens with one attached hydrogen (secondary N) is 1. The molecule has 0 bridgehead atoms. The average Bonchev–Trinajstić information content (AvgIpc) is 3.15. The van der Waals surface area contributed by atoms with Gasteiger partial charge in [-0.3, -0.25) is 0 Å². The smallest absolute Gasteiger partial charge is 0.125 e. The summed E-state index contributed by atoms with van der Waals surface area (Å²) >= 11 is 5.03. The summed E-state index contributed by atoms with van der Waals surface area (Å²) in [6.45, 7) is 5.13. The van der Waals surface area contributed by atoms with Gasteiger partial charge < -0.3 is 5.32 Å². The Morgan fingerprint density at radius 3 is 2.76 bits per heavy atom. The zero-order valence-corrected chi connectivity index (χ0v) is 14.5. The summed E-state index contributed by atoms with van der Waals surface area (Å²) in [5.74, 6) is 0.375. The highest BCUT2D eigenvalue weighted by molar-refractivity contribution is 9.10. The van der Waals surface area contributed by atoms with E-state index in [0.29, 0.717) is 12.0 Å². The van der Waals surface area contributed by atoms with Gasteiger partial charge in [-0.15, -0.1) is 11.3 Å². The van der Waals surface area contributed by atoms with Gasteiger partial charge in [-0.25, -0.2) is 9.37 Å². The maximum atomic E-state index is 13.6. The fourth-order valence-corrected chi connectivity index (χ4v) is 3.81. The molecule has 1 N–H and O–H groups in total. The lowest BCUT2D eigenvalue weighted by atomic mass is 10.2. The van der Waals surface area contributed by atoms with Crippen LogP contribution in [0.25, 0.3) is 10.6 Å². The first-order valence-electron chi connectivity index (χ1n) is 7.22. The van der Waals surface area contributed by atoms with Crippen molar-refractivity contribution >= 4 is 27.3 Å². The van der Waals surface area contributed by atoms with Gasteiger partial charge in [0.05, 0.1) is 5.69 Å². The van der Waals surface area contributed by atoms with Gasteiger partial charge in [-0.2, -0.15) is 0 Å². The summed E-state index contributed by atoms with van der Waals surface area (Å²) in [7, 11) is 0. The molecule has 0 radical (unpaired) electrons. The number of benzene rings is 1. The Morgan fingerprint density at radius 1 is 1.38 bits per heavy atom. The van der Waals surface area contributed by atoms with E-state index >= 15 is 0 Å². The number of rotatable bonds is 5. The van der Waals surface area contributed by atoms with Crippen LogP contribution >= 0.6 is 27.3 Å². The molecule has 1 aromatic heterocycles. The largest absolute Gasteiger partial charge is 0.310 e. The molecule has 0 aliphatic heterocycles. The average molecular weight is 369 g/mol. The van der Waals surface area contributed by atoms with Gasteiger partial charge in [0.1, 0.15) is 10.8 Å². The molecule has 2 nitrogen and oxygen atoms in total. The minimum atomic E-state index is -0.232. The van der Waals surface area contributed by atoms with E-state index < -0.39 is 0 Å². The summed E-state index contributed by atoms with van der Waals surface area (Å²) in [6, 6.07) is 5.41. The van der Waals surface area contributed by atoms with Gasteiger partial charge in [0.2, 0.25) is 0 Å². The normalized spacial score (nSPS) is 14.9. The van der Waals surface area contributed by atoms with Crippen molar-refractivity contribution < 1.29 is 4.39 Å². The number of halogens is 2. The van der Waals surface area contributed by atoms with Crippen LogP contribution in [0.2, 0.25) is 0 Å². The number of hydrogen-bond donors (Lipinski definition) is 1. The number of thiazole rings is 1. The zero-order chi connectivity index (χ0) is 15.0. The van der Waals surface area contributed by atoms with Crippen LogP contribution in [0.1, 0.15) is 43.2 Å².